The number of benzene rings is 1. The Morgan fingerprint density at radius 2 is 1.95 bits per heavy atom. The van der Waals surface area contributed by atoms with Crippen LogP contribution in [0.15, 0.2) is 29.4 Å². The third-order valence-corrected chi connectivity index (χ3v) is 2.83. The van der Waals surface area contributed by atoms with Crippen molar-refractivity contribution in [3.05, 3.63) is 29.8 Å². The van der Waals surface area contributed by atoms with Gasteiger partial charge in [0.1, 0.15) is 18.5 Å². The lowest BCUT2D eigenvalue weighted by molar-refractivity contribution is 0.0164. The molecule has 2 N–H and O–H groups in total. The van der Waals surface area contributed by atoms with Crippen molar-refractivity contribution in [2.24, 2.45) is 5.16 Å². The molecule has 0 spiro atoms. The summed E-state index contributed by atoms with van der Waals surface area (Å²) in [5.41, 5.74) is 1.86. The van der Waals surface area contributed by atoms with Gasteiger partial charge >= 0.3 is 0 Å². The van der Waals surface area contributed by atoms with Gasteiger partial charge in [0, 0.05) is 6.61 Å². The van der Waals surface area contributed by atoms with Crippen molar-refractivity contribution in [1.29, 1.82) is 0 Å². The van der Waals surface area contributed by atoms with Crippen molar-refractivity contribution >= 4 is 5.71 Å². The van der Waals surface area contributed by atoms with Crippen LogP contribution in [-0.2, 0) is 11.2 Å². The summed E-state index contributed by atoms with van der Waals surface area (Å²) in [6, 6.07) is 7.67. The molecule has 20 heavy (non-hydrogen) atoms. The summed E-state index contributed by atoms with van der Waals surface area (Å²) in [4.78, 5) is 0. The Hall–Kier alpha value is -1.59. The second-order valence-electron chi connectivity index (χ2n) is 4.60. The molecule has 0 radical (unpaired) electrons. The van der Waals surface area contributed by atoms with Gasteiger partial charge in [0.05, 0.1) is 12.3 Å². The van der Waals surface area contributed by atoms with Crippen LogP contribution in [0.5, 0.6) is 5.75 Å². The topological polar surface area (TPSA) is 71.3 Å². The van der Waals surface area contributed by atoms with Gasteiger partial charge in [0.25, 0.3) is 0 Å². The molecule has 112 valence electrons. The standard InChI is InChI=1S/C15H23NO4/c1-3-19-10-14(17)11-20-15-8-6-13(7-9-15)5-4-12(2)16-18/h6-9,14,17-18H,3-5,10-11H2,1-2H3. The fourth-order valence-corrected chi connectivity index (χ4v) is 1.62. The van der Waals surface area contributed by atoms with Crippen molar-refractivity contribution < 1.29 is 19.8 Å². The van der Waals surface area contributed by atoms with Crippen molar-refractivity contribution in [3.8, 4) is 5.75 Å². The summed E-state index contributed by atoms with van der Waals surface area (Å²) in [7, 11) is 0. The minimum atomic E-state index is -0.613. The molecule has 0 heterocycles. The third-order valence-electron chi connectivity index (χ3n) is 2.83. The molecule has 0 aliphatic heterocycles. The van der Waals surface area contributed by atoms with Gasteiger partial charge in [-0.05, 0) is 44.4 Å². The maximum atomic E-state index is 9.58. The predicted octanol–water partition coefficient (Wildman–Crippen LogP) is 2.25. The predicted molar refractivity (Wildman–Crippen MR) is 77.7 cm³/mol. The van der Waals surface area contributed by atoms with Gasteiger partial charge in [-0.25, -0.2) is 0 Å². The normalized spacial score (nSPS) is 13.2. The molecule has 0 aromatic heterocycles. The van der Waals surface area contributed by atoms with E-state index in [9.17, 15) is 5.11 Å². The second-order valence-corrected chi connectivity index (χ2v) is 4.60. The fraction of sp³-hybridized carbons (Fsp3) is 0.533. The smallest absolute Gasteiger partial charge is 0.119 e. The minimum absolute atomic E-state index is 0.218. The molecule has 0 saturated carbocycles. The molecule has 1 unspecified atom stereocenters. The number of aliphatic hydroxyl groups is 1. The highest BCUT2D eigenvalue weighted by atomic mass is 16.5. The van der Waals surface area contributed by atoms with E-state index in [1.54, 1.807) is 6.92 Å². The first kappa shape index (κ1) is 16.5. The van der Waals surface area contributed by atoms with Crippen molar-refractivity contribution in [2.75, 3.05) is 19.8 Å². The largest absolute Gasteiger partial charge is 0.491 e. The lowest BCUT2D eigenvalue weighted by Crippen LogP contribution is -2.23. The van der Waals surface area contributed by atoms with Crippen LogP contribution in [0.3, 0.4) is 0 Å². The van der Waals surface area contributed by atoms with E-state index in [2.05, 4.69) is 5.16 Å². The first-order valence-electron chi connectivity index (χ1n) is 6.80. The molecule has 0 fully saturated rings. The van der Waals surface area contributed by atoms with Crippen LogP contribution in [0.1, 0.15) is 25.8 Å². The first-order valence-corrected chi connectivity index (χ1v) is 6.80. The summed E-state index contributed by atoms with van der Waals surface area (Å²) in [5.74, 6) is 0.719. The summed E-state index contributed by atoms with van der Waals surface area (Å²) in [6.45, 7) is 4.76. The van der Waals surface area contributed by atoms with Crippen LogP contribution in [0.2, 0.25) is 0 Å². The van der Waals surface area contributed by atoms with Crippen LogP contribution in [0, 0.1) is 0 Å². The molecule has 1 atom stereocenters. The average Bonchev–Trinajstić information content (AvgIpc) is 2.49. The van der Waals surface area contributed by atoms with Crippen LogP contribution in [0.4, 0.5) is 0 Å². The molecular formula is C15H23NO4. The maximum Gasteiger partial charge on any atom is 0.119 e. The van der Waals surface area contributed by atoms with Crippen molar-refractivity contribution in [3.63, 3.8) is 0 Å². The molecule has 0 saturated heterocycles. The van der Waals surface area contributed by atoms with Crippen molar-refractivity contribution in [1.82, 2.24) is 0 Å². The van der Waals surface area contributed by atoms with E-state index in [0.717, 1.165) is 24.2 Å². The molecule has 0 bridgehead atoms. The first-order chi connectivity index (χ1) is 9.65. The lowest BCUT2D eigenvalue weighted by Gasteiger charge is -2.12. The molecule has 1 aromatic carbocycles. The summed E-state index contributed by atoms with van der Waals surface area (Å²) in [6.07, 6.45) is 0.936. The number of oxime groups is 1. The van der Waals surface area contributed by atoms with Crippen LogP contribution >= 0.6 is 0 Å². The van der Waals surface area contributed by atoms with E-state index in [1.807, 2.05) is 31.2 Å². The Morgan fingerprint density at radius 3 is 2.55 bits per heavy atom. The quantitative estimate of drug-likeness (QED) is 0.414. The number of rotatable bonds is 9. The summed E-state index contributed by atoms with van der Waals surface area (Å²) >= 11 is 0. The van der Waals surface area contributed by atoms with E-state index in [-0.39, 0.29) is 13.2 Å². The van der Waals surface area contributed by atoms with Gasteiger partial charge in [0.2, 0.25) is 0 Å². The van der Waals surface area contributed by atoms with Gasteiger partial charge in [-0.1, -0.05) is 17.3 Å². The third kappa shape index (κ3) is 6.54. The molecular weight excluding hydrogens is 258 g/mol. The van der Waals surface area contributed by atoms with Crippen LogP contribution in [0.25, 0.3) is 0 Å². The van der Waals surface area contributed by atoms with Gasteiger partial charge in [0.15, 0.2) is 0 Å². The zero-order chi connectivity index (χ0) is 14.8. The Labute approximate surface area is 119 Å². The zero-order valence-corrected chi connectivity index (χ0v) is 12.1. The highest BCUT2D eigenvalue weighted by Gasteiger charge is 2.05. The summed E-state index contributed by atoms with van der Waals surface area (Å²) in [5, 5.41) is 21.3. The van der Waals surface area contributed by atoms with E-state index < -0.39 is 6.10 Å². The second kappa shape index (κ2) is 9.34. The summed E-state index contributed by atoms with van der Waals surface area (Å²) < 4.78 is 10.6. The van der Waals surface area contributed by atoms with Gasteiger partial charge < -0.3 is 19.8 Å². The fourth-order valence-electron chi connectivity index (χ4n) is 1.62. The monoisotopic (exact) mass is 281 g/mol. The molecule has 0 amide bonds. The van der Waals surface area contributed by atoms with Crippen molar-refractivity contribution in [2.45, 2.75) is 32.8 Å². The Balaban J connectivity index is 2.35. The highest BCUT2D eigenvalue weighted by molar-refractivity contribution is 5.81. The van der Waals surface area contributed by atoms with Crippen LogP contribution in [-0.4, -0.2) is 42.0 Å². The molecule has 5 heteroatoms. The minimum Gasteiger partial charge on any atom is -0.491 e. The molecule has 1 rings (SSSR count). The number of hydrogen-bond donors (Lipinski definition) is 2. The molecule has 0 aliphatic rings. The Morgan fingerprint density at radius 1 is 1.25 bits per heavy atom. The van der Waals surface area contributed by atoms with Gasteiger partial charge in [-0.3, -0.25) is 0 Å². The van der Waals surface area contributed by atoms with Crippen LogP contribution < -0.4 is 4.74 Å². The zero-order valence-electron chi connectivity index (χ0n) is 12.1. The van der Waals surface area contributed by atoms with E-state index >= 15 is 0 Å². The SMILES string of the molecule is CCOCC(O)COc1ccc(CCC(C)=NO)cc1. The number of aryl methyl sites for hydroxylation is 1. The van der Waals surface area contributed by atoms with Gasteiger partial charge in [-0.2, -0.15) is 0 Å². The van der Waals surface area contributed by atoms with E-state index in [1.165, 1.54) is 0 Å². The number of hydrogen-bond acceptors (Lipinski definition) is 5. The van der Waals surface area contributed by atoms with Gasteiger partial charge in [-0.15, -0.1) is 0 Å². The number of aliphatic hydroxyl groups excluding tert-OH is 1. The Bertz CT molecular complexity index is 403. The molecule has 0 aliphatic carbocycles. The number of ether oxygens (including phenoxy) is 2. The maximum absolute atomic E-state index is 9.58. The average molecular weight is 281 g/mol. The van der Waals surface area contributed by atoms with E-state index in [0.29, 0.717) is 12.3 Å². The number of nitrogens with zero attached hydrogens (tertiary/aromatic N) is 1. The molecule has 1 aromatic rings. The van der Waals surface area contributed by atoms with E-state index in [4.69, 9.17) is 14.7 Å². The Kier molecular flexibility index (Phi) is 7.69. The lowest BCUT2D eigenvalue weighted by atomic mass is 10.1. The molecule has 5 nitrogen and oxygen atoms in total. The highest BCUT2D eigenvalue weighted by Crippen LogP contribution is 2.14.